The van der Waals surface area contributed by atoms with E-state index in [4.69, 9.17) is 0 Å². The van der Waals surface area contributed by atoms with Crippen molar-refractivity contribution in [3.05, 3.63) is 35.6 Å². The molecule has 1 N–H and O–H groups in total. The summed E-state index contributed by atoms with van der Waals surface area (Å²) in [5.74, 6) is -1.15. The van der Waals surface area contributed by atoms with Gasteiger partial charge in [0.1, 0.15) is 11.4 Å². The standard InChI is InChI=1S/C25H32FN3O4/c1-16(2)13-21(30)22(31)28-11-9-19(10-12-28)25(14-17-5-7-20(26)8-6-17)23(32)29(24(33)27-25)15-18-3-4-18/h5-8,16,18-19H,3-4,9-15H2,1-2H3,(H,27,33). The normalized spacial score (nSPS) is 23.9. The number of carbonyl (C=O) groups is 4. The fourth-order valence-corrected chi connectivity index (χ4v) is 5.04. The largest absolute Gasteiger partial charge is 0.336 e. The highest BCUT2D eigenvalue weighted by Crippen LogP contribution is 2.39. The minimum Gasteiger partial charge on any atom is -0.336 e. The second-order valence-corrected chi connectivity index (χ2v) is 10.2. The number of nitrogens with zero attached hydrogens (tertiary/aromatic N) is 2. The van der Waals surface area contributed by atoms with Crippen molar-refractivity contribution in [3.8, 4) is 0 Å². The van der Waals surface area contributed by atoms with Gasteiger partial charge in [0, 0.05) is 32.5 Å². The third-order valence-electron chi connectivity index (χ3n) is 7.05. The number of hydrogen-bond donors (Lipinski definition) is 1. The number of urea groups is 1. The molecule has 2 aliphatic heterocycles. The Morgan fingerprint density at radius 2 is 1.73 bits per heavy atom. The lowest BCUT2D eigenvalue weighted by Crippen LogP contribution is -2.58. The minimum atomic E-state index is -1.12. The highest BCUT2D eigenvalue weighted by molar-refractivity contribution is 6.36. The highest BCUT2D eigenvalue weighted by Gasteiger charge is 2.56. The third kappa shape index (κ3) is 4.94. The number of imide groups is 1. The van der Waals surface area contributed by atoms with Gasteiger partial charge in [0.15, 0.2) is 0 Å². The van der Waals surface area contributed by atoms with Crippen molar-refractivity contribution in [3.63, 3.8) is 0 Å². The molecule has 1 aromatic rings. The summed E-state index contributed by atoms with van der Waals surface area (Å²) >= 11 is 0. The van der Waals surface area contributed by atoms with Gasteiger partial charge in [-0.2, -0.15) is 0 Å². The van der Waals surface area contributed by atoms with Crippen LogP contribution in [-0.2, 0) is 20.8 Å². The van der Waals surface area contributed by atoms with Crippen molar-refractivity contribution < 1.29 is 23.6 Å². The summed E-state index contributed by atoms with van der Waals surface area (Å²) in [5.41, 5.74) is -0.357. The summed E-state index contributed by atoms with van der Waals surface area (Å²) in [6.45, 7) is 4.96. The Hall–Kier alpha value is -2.77. The number of ketones is 1. The van der Waals surface area contributed by atoms with Crippen molar-refractivity contribution in [1.82, 2.24) is 15.1 Å². The maximum absolute atomic E-state index is 13.7. The van der Waals surface area contributed by atoms with Crippen molar-refractivity contribution in [2.75, 3.05) is 19.6 Å². The number of amides is 4. The predicted octanol–water partition coefficient (Wildman–Crippen LogP) is 2.92. The van der Waals surface area contributed by atoms with Gasteiger partial charge in [-0.1, -0.05) is 26.0 Å². The van der Waals surface area contributed by atoms with Crippen LogP contribution in [0, 0.1) is 23.6 Å². The van der Waals surface area contributed by atoms with Crippen LogP contribution in [0.2, 0.25) is 0 Å². The molecule has 3 aliphatic rings. The van der Waals surface area contributed by atoms with Crippen LogP contribution >= 0.6 is 0 Å². The Bertz CT molecular complexity index is 935. The second-order valence-electron chi connectivity index (χ2n) is 10.2. The van der Waals surface area contributed by atoms with E-state index in [9.17, 15) is 23.6 Å². The molecule has 0 bridgehead atoms. The van der Waals surface area contributed by atoms with E-state index in [0.29, 0.717) is 38.4 Å². The lowest BCUT2D eigenvalue weighted by molar-refractivity contribution is -0.146. The maximum Gasteiger partial charge on any atom is 0.325 e. The fourth-order valence-electron chi connectivity index (χ4n) is 5.04. The van der Waals surface area contributed by atoms with Gasteiger partial charge in [-0.05, 0) is 61.1 Å². The topological polar surface area (TPSA) is 86.8 Å². The Morgan fingerprint density at radius 1 is 1.09 bits per heavy atom. The monoisotopic (exact) mass is 457 g/mol. The molecule has 7 nitrogen and oxygen atoms in total. The van der Waals surface area contributed by atoms with Gasteiger partial charge in [-0.25, -0.2) is 9.18 Å². The van der Waals surface area contributed by atoms with Crippen LogP contribution in [0.5, 0.6) is 0 Å². The number of carbonyl (C=O) groups excluding carboxylic acids is 4. The Morgan fingerprint density at radius 3 is 2.30 bits per heavy atom. The molecule has 1 aliphatic carbocycles. The van der Waals surface area contributed by atoms with Crippen molar-refractivity contribution in [2.24, 2.45) is 17.8 Å². The van der Waals surface area contributed by atoms with Crippen LogP contribution in [0.25, 0.3) is 0 Å². The van der Waals surface area contributed by atoms with Crippen LogP contribution in [0.4, 0.5) is 9.18 Å². The van der Waals surface area contributed by atoms with E-state index >= 15 is 0 Å². The maximum atomic E-state index is 13.7. The van der Waals surface area contributed by atoms with Gasteiger partial charge >= 0.3 is 6.03 Å². The summed E-state index contributed by atoms with van der Waals surface area (Å²) in [5, 5.41) is 3.00. The summed E-state index contributed by atoms with van der Waals surface area (Å²) in [7, 11) is 0. The molecular formula is C25H32FN3O4. The number of Topliss-reactive ketones (excluding diaryl/α,β-unsaturated/α-hetero) is 1. The van der Waals surface area contributed by atoms with E-state index in [-0.39, 0.29) is 48.2 Å². The molecule has 8 heteroatoms. The van der Waals surface area contributed by atoms with E-state index in [0.717, 1.165) is 18.4 Å². The van der Waals surface area contributed by atoms with Gasteiger partial charge in [-0.15, -0.1) is 0 Å². The van der Waals surface area contributed by atoms with E-state index in [1.54, 1.807) is 17.0 Å². The molecule has 4 amide bonds. The molecule has 1 unspecified atom stereocenters. The number of piperidine rings is 1. The van der Waals surface area contributed by atoms with Crippen molar-refractivity contribution in [2.45, 2.75) is 57.9 Å². The van der Waals surface area contributed by atoms with Crippen LogP contribution in [0.15, 0.2) is 24.3 Å². The first kappa shape index (κ1) is 23.4. The first-order valence-corrected chi connectivity index (χ1v) is 11.9. The Kier molecular flexibility index (Phi) is 6.54. The SMILES string of the molecule is CC(C)CC(=O)C(=O)N1CCC(C2(Cc3ccc(F)cc3)NC(=O)N(CC3CC3)C2=O)CC1. The lowest BCUT2D eigenvalue weighted by Gasteiger charge is -2.41. The van der Waals surface area contributed by atoms with Gasteiger partial charge in [0.05, 0.1) is 0 Å². The number of likely N-dealkylation sites (tertiary alicyclic amines) is 1. The van der Waals surface area contributed by atoms with Gasteiger partial charge < -0.3 is 10.2 Å². The molecule has 178 valence electrons. The zero-order valence-corrected chi connectivity index (χ0v) is 19.3. The summed E-state index contributed by atoms with van der Waals surface area (Å²) in [4.78, 5) is 54.2. The first-order chi connectivity index (χ1) is 15.7. The smallest absolute Gasteiger partial charge is 0.325 e. The number of nitrogens with one attached hydrogen (secondary N) is 1. The second kappa shape index (κ2) is 9.23. The first-order valence-electron chi connectivity index (χ1n) is 11.9. The fraction of sp³-hybridized carbons (Fsp3) is 0.600. The van der Waals surface area contributed by atoms with Crippen molar-refractivity contribution >= 4 is 23.6 Å². The molecule has 1 atom stereocenters. The molecular weight excluding hydrogens is 425 g/mol. The Balaban J connectivity index is 1.53. The molecule has 0 aromatic heterocycles. The molecule has 3 fully saturated rings. The highest BCUT2D eigenvalue weighted by atomic mass is 19.1. The predicted molar refractivity (Wildman–Crippen MR) is 120 cm³/mol. The molecule has 0 spiro atoms. The summed E-state index contributed by atoms with van der Waals surface area (Å²) < 4.78 is 13.5. The molecule has 2 heterocycles. The third-order valence-corrected chi connectivity index (χ3v) is 7.05. The van der Waals surface area contributed by atoms with E-state index in [1.165, 1.54) is 17.0 Å². The van der Waals surface area contributed by atoms with E-state index < -0.39 is 11.4 Å². The quantitative estimate of drug-likeness (QED) is 0.480. The van der Waals surface area contributed by atoms with Gasteiger partial charge in [-0.3, -0.25) is 19.3 Å². The summed E-state index contributed by atoms with van der Waals surface area (Å²) in [6, 6.07) is 5.62. The molecule has 1 aromatic carbocycles. The average molecular weight is 458 g/mol. The molecule has 2 saturated heterocycles. The zero-order chi connectivity index (χ0) is 23.8. The average Bonchev–Trinajstić information content (AvgIpc) is 3.57. The van der Waals surface area contributed by atoms with E-state index in [2.05, 4.69) is 5.32 Å². The lowest BCUT2D eigenvalue weighted by atomic mass is 9.73. The van der Waals surface area contributed by atoms with Crippen LogP contribution < -0.4 is 5.32 Å². The minimum absolute atomic E-state index is 0.113. The van der Waals surface area contributed by atoms with E-state index in [1.807, 2.05) is 13.8 Å². The molecule has 33 heavy (non-hydrogen) atoms. The van der Waals surface area contributed by atoms with Gasteiger partial charge in [0.2, 0.25) is 5.78 Å². The van der Waals surface area contributed by atoms with Crippen LogP contribution in [-0.4, -0.2) is 58.6 Å². The number of hydrogen-bond acceptors (Lipinski definition) is 4. The molecule has 4 rings (SSSR count). The number of benzene rings is 1. The zero-order valence-electron chi connectivity index (χ0n) is 19.3. The summed E-state index contributed by atoms with van der Waals surface area (Å²) in [6.07, 6.45) is 3.54. The Labute approximate surface area is 193 Å². The van der Waals surface area contributed by atoms with Gasteiger partial charge in [0.25, 0.3) is 11.8 Å². The number of rotatable bonds is 8. The van der Waals surface area contributed by atoms with Crippen LogP contribution in [0.3, 0.4) is 0 Å². The van der Waals surface area contributed by atoms with Crippen LogP contribution in [0.1, 0.15) is 51.5 Å². The molecule has 0 radical (unpaired) electrons. The van der Waals surface area contributed by atoms with Crippen molar-refractivity contribution in [1.29, 1.82) is 0 Å². The number of halogens is 1. The molecule has 1 saturated carbocycles.